The molecule has 2 atom stereocenters. The van der Waals surface area contributed by atoms with Gasteiger partial charge in [-0.1, -0.05) is 0 Å². The van der Waals surface area contributed by atoms with Gasteiger partial charge in [0.05, 0.1) is 6.61 Å². The number of nitrogens with one attached hydrogen (secondary N) is 2. The maximum Gasteiger partial charge on any atom is 0.315 e. The Labute approximate surface area is 87.8 Å². The van der Waals surface area contributed by atoms with Gasteiger partial charge in [-0.15, -0.1) is 0 Å². The highest BCUT2D eigenvalue weighted by atomic mass is 32.1. The maximum atomic E-state index is 11.4. The van der Waals surface area contributed by atoms with Gasteiger partial charge < -0.3 is 20.5 Å². The van der Waals surface area contributed by atoms with Crippen LogP contribution in [0.5, 0.6) is 0 Å². The van der Waals surface area contributed by atoms with E-state index in [9.17, 15) is 9.90 Å². The first-order chi connectivity index (χ1) is 6.47. The predicted octanol–water partition coefficient (Wildman–Crippen LogP) is -0.648. The molecule has 5 nitrogen and oxygen atoms in total. The van der Waals surface area contributed by atoms with Crippen molar-refractivity contribution in [1.82, 2.24) is 10.6 Å². The van der Waals surface area contributed by atoms with E-state index in [1.165, 1.54) is 6.92 Å². The number of hydrogen-bond acceptors (Lipinski definition) is 4. The van der Waals surface area contributed by atoms with Crippen molar-refractivity contribution in [2.75, 3.05) is 13.2 Å². The van der Waals surface area contributed by atoms with E-state index in [1.54, 1.807) is 6.92 Å². The molecule has 2 unspecified atom stereocenters. The van der Waals surface area contributed by atoms with Crippen LogP contribution in [0.2, 0.25) is 0 Å². The Balaban J connectivity index is 2.68. The molecule has 14 heavy (non-hydrogen) atoms. The molecule has 1 heterocycles. The van der Waals surface area contributed by atoms with Crippen molar-refractivity contribution in [1.29, 1.82) is 0 Å². The Hall–Kier alpha value is -0.880. The van der Waals surface area contributed by atoms with E-state index in [0.29, 0.717) is 11.7 Å². The van der Waals surface area contributed by atoms with Crippen LogP contribution in [-0.2, 0) is 9.53 Å². The zero-order chi connectivity index (χ0) is 10.8. The zero-order valence-corrected chi connectivity index (χ0v) is 8.98. The van der Waals surface area contributed by atoms with Crippen LogP contribution in [0.15, 0.2) is 0 Å². The van der Waals surface area contributed by atoms with Crippen molar-refractivity contribution in [3.63, 3.8) is 0 Å². The van der Waals surface area contributed by atoms with Crippen molar-refractivity contribution in [2.45, 2.75) is 19.6 Å². The van der Waals surface area contributed by atoms with Crippen molar-refractivity contribution in [3.8, 4) is 0 Å². The molecule has 1 rings (SSSR count). The lowest BCUT2D eigenvalue weighted by Gasteiger charge is -2.37. The van der Waals surface area contributed by atoms with E-state index in [2.05, 4.69) is 10.6 Å². The van der Waals surface area contributed by atoms with Crippen LogP contribution in [0.4, 0.5) is 0 Å². The summed E-state index contributed by atoms with van der Waals surface area (Å²) in [5.74, 6) is -1.07. The molecule has 0 spiro atoms. The van der Waals surface area contributed by atoms with Crippen molar-refractivity contribution in [2.24, 2.45) is 5.92 Å². The van der Waals surface area contributed by atoms with Crippen molar-refractivity contribution < 1.29 is 14.6 Å². The standard InChI is InChI=1S/C8H14N2O3S/c1-3-13-6(11)5-4-9-7(14)10-8(5,2)12/h5,12H,3-4H2,1-2H3,(H2,9,10,14). The predicted molar refractivity (Wildman–Crippen MR) is 54.5 cm³/mol. The molecule has 1 fully saturated rings. The van der Waals surface area contributed by atoms with E-state index in [4.69, 9.17) is 17.0 Å². The number of esters is 1. The summed E-state index contributed by atoms with van der Waals surface area (Å²) in [4.78, 5) is 11.4. The molecule has 1 aliphatic heterocycles. The van der Waals surface area contributed by atoms with E-state index >= 15 is 0 Å². The molecular weight excluding hydrogens is 204 g/mol. The number of carbonyl (C=O) groups is 1. The number of hydrogen-bond donors (Lipinski definition) is 3. The lowest BCUT2D eigenvalue weighted by molar-refractivity contribution is -0.158. The summed E-state index contributed by atoms with van der Waals surface area (Å²) in [6.45, 7) is 3.82. The molecule has 3 N–H and O–H groups in total. The maximum absolute atomic E-state index is 11.4. The van der Waals surface area contributed by atoms with E-state index < -0.39 is 17.6 Å². The smallest absolute Gasteiger partial charge is 0.315 e. The second-order valence-corrected chi connectivity index (χ2v) is 3.70. The van der Waals surface area contributed by atoms with Gasteiger partial charge in [0.2, 0.25) is 0 Å². The van der Waals surface area contributed by atoms with Gasteiger partial charge in [0.15, 0.2) is 5.11 Å². The molecule has 0 saturated carbocycles. The van der Waals surface area contributed by atoms with Crippen LogP contribution in [-0.4, -0.2) is 35.1 Å². The fourth-order valence-corrected chi connectivity index (χ4v) is 1.60. The zero-order valence-electron chi connectivity index (χ0n) is 8.16. The van der Waals surface area contributed by atoms with Crippen LogP contribution in [0.1, 0.15) is 13.8 Å². The van der Waals surface area contributed by atoms with Crippen LogP contribution in [0.25, 0.3) is 0 Å². The molecule has 0 aromatic rings. The van der Waals surface area contributed by atoms with Gasteiger partial charge in [-0.2, -0.15) is 0 Å². The molecule has 1 aliphatic rings. The highest BCUT2D eigenvalue weighted by Crippen LogP contribution is 2.18. The summed E-state index contributed by atoms with van der Waals surface area (Å²) in [6, 6.07) is 0. The third-order valence-electron chi connectivity index (χ3n) is 2.08. The summed E-state index contributed by atoms with van der Waals surface area (Å²) >= 11 is 4.82. The molecule has 80 valence electrons. The van der Waals surface area contributed by atoms with Crippen molar-refractivity contribution >= 4 is 23.3 Å². The topological polar surface area (TPSA) is 70.6 Å². The third-order valence-corrected chi connectivity index (χ3v) is 2.33. The lowest BCUT2D eigenvalue weighted by atomic mass is 9.95. The fraction of sp³-hybridized carbons (Fsp3) is 0.750. The summed E-state index contributed by atoms with van der Waals surface area (Å²) in [7, 11) is 0. The number of rotatable bonds is 2. The van der Waals surface area contributed by atoms with Gasteiger partial charge in [-0.3, -0.25) is 4.79 Å². The first-order valence-corrected chi connectivity index (χ1v) is 4.83. The summed E-state index contributed by atoms with van der Waals surface area (Å²) in [5.41, 5.74) is -1.34. The molecule has 0 aromatic carbocycles. The second-order valence-electron chi connectivity index (χ2n) is 3.29. The van der Waals surface area contributed by atoms with Crippen LogP contribution >= 0.6 is 12.2 Å². The summed E-state index contributed by atoms with van der Waals surface area (Å²) in [5, 5.41) is 15.6. The SMILES string of the molecule is CCOC(=O)C1CNC(=S)NC1(C)O. The summed E-state index contributed by atoms with van der Waals surface area (Å²) in [6.07, 6.45) is 0. The Morgan fingerprint density at radius 2 is 2.50 bits per heavy atom. The van der Waals surface area contributed by atoms with Crippen LogP contribution in [0, 0.1) is 5.92 Å². The normalized spacial score (nSPS) is 31.6. The average molecular weight is 218 g/mol. The van der Waals surface area contributed by atoms with Gasteiger partial charge in [-0.25, -0.2) is 0 Å². The Kier molecular flexibility index (Phi) is 3.28. The quantitative estimate of drug-likeness (QED) is 0.423. The number of ether oxygens (including phenoxy) is 1. The average Bonchev–Trinajstić information content (AvgIpc) is 2.01. The molecule has 0 radical (unpaired) electrons. The fourth-order valence-electron chi connectivity index (χ4n) is 1.31. The minimum absolute atomic E-state index is 0.289. The first kappa shape index (κ1) is 11.2. The van der Waals surface area contributed by atoms with Gasteiger partial charge in [0.1, 0.15) is 11.6 Å². The minimum atomic E-state index is -1.34. The lowest BCUT2D eigenvalue weighted by Crippen LogP contribution is -2.64. The largest absolute Gasteiger partial charge is 0.466 e. The number of thiocarbonyl (C=S) groups is 1. The molecular formula is C8H14N2O3S. The monoisotopic (exact) mass is 218 g/mol. The number of aliphatic hydroxyl groups is 1. The highest BCUT2D eigenvalue weighted by Gasteiger charge is 2.42. The Morgan fingerprint density at radius 1 is 1.86 bits per heavy atom. The Bertz CT molecular complexity index is 255. The molecule has 0 aliphatic carbocycles. The van der Waals surface area contributed by atoms with Gasteiger partial charge >= 0.3 is 5.97 Å². The van der Waals surface area contributed by atoms with E-state index in [-0.39, 0.29) is 6.54 Å². The minimum Gasteiger partial charge on any atom is -0.466 e. The van der Waals surface area contributed by atoms with Crippen LogP contribution < -0.4 is 10.6 Å². The third kappa shape index (κ3) is 2.33. The van der Waals surface area contributed by atoms with Gasteiger partial charge in [0, 0.05) is 6.54 Å². The molecule has 0 amide bonds. The Morgan fingerprint density at radius 3 is 3.00 bits per heavy atom. The molecule has 1 saturated heterocycles. The highest BCUT2D eigenvalue weighted by molar-refractivity contribution is 7.80. The number of carbonyl (C=O) groups excluding carboxylic acids is 1. The van der Waals surface area contributed by atoms with E-state index in [0.717, 1.165) is 0 Å². The second kappa shape index (κ2) is 4.10. The van der Waals surface area contributed by atoms with E-state index in [1.807, 2.05) is 0 Å². The molecule has 0 bridgehead atoms. The molecule has 6 heteroatoms. The summed E-state index contributed by atoms with van der Waals surface area (Å²) < 4.78 is 4.83. The molecule has 0 aromatic heterocycles. The van der Waals surface area contributed by atoms with Gasteiger partial charge in [-0.05, 0) is 26.1 Å². The first-order valence-electron chi connectivity index (χ1n) is 4.42. The van der Waals surface area contributed by atoms with Crippen molar-refractivity contribution in [3.05, 3.63) is 0 Å². The van der Waals surface area contributed by atoms with Crippen LogP contribution in [0.3, 0.4) is 0 Å². The van der Waals surface area contributed by atoms with Gasteiger partial charge in [0.25, 0.3) is 0 Å².